The Bertz CT molecular complexity index is 454. The van der Waals surface area contributed by atoms with Crippen LogP contribution in [0.15, 0.2) is 0 Å². The van der Waals surface area contributed by atoms with Crippen LogP contribution in [0.1, 0.15) is 63.2 Å². The van der Waals surface area contributed by atoms with E-state index in [2.05, 4.69) is 17.2 Å². The van der Waals surface area contributed by atoms with Crippen LogP contribution in [0.4, 0.5) is 0 Å². The average molecular weight is 275 g/mol. The van der Waals surface area contributed by atoms with Gasteiger partial charge in [0.25, 0.3) is 0 Å². The molecule has 1 unspecified atom stereocenters. The van der Waals surface area contributed by atoms with Gasteiger partial charge >= 0.3 is 0 Å². The van der Waals surface area contributed by atoms with Gasteiger partial charge in [0.2, 0.25) is 0 Å². The molecule has 0 aromatic carbocycles. The summed E-state index contributed by atoms with van der Waals surface area (Å²) in [7, 11) is 0. The Balaban J connectivity index is 1.56. The van der Waals surface area contributed by atoms with Gasteiger partial charge in [-0.3, -0.25) is 0 Å². The molecule has 4 aliphatic rings. The second kappa shape index (κ2) is 4.79. The van der Waals surface area contributed by atoms with Gasteiger partial charge in [-0.2, -0.15) is 4.80 Å². The van der Waals surface area contributed by atoms with Crippen molar-refractivity contribution in [2.24, 2.45) is 29.4 Å². The summed E-state index contributed by atoms with van der Waals surface area (Å²) in [6.07, 6.45) is 8.04. The van der Waals surface area contributed by atoms with E-state index in [1.807, 2.05) is 0 Å². The maximum absolute atomic E-state index is 5.62. The number of nitrogens with two attached hydrogens (primary N) is 1. The van der Waals surface area contributed by atoms with Crippen molar-refractivity contribution in [1.29, 1.82) is 0 Å². The standard InChI is InChI=1S/C15H25N5/c1-9(2-3-16)20-18-15(17-19-20)14-12-5-10-4-11(7-12)8-13(14)6-10/h9-14H,2-8,16H2,1H3. The van der Waals surface area contributed by atoms with E-state index in [-0.39, 0.29) is 6.04 Å². The Kier molecular flexibility index (Phi) is 3.05. The van der Waals surface area contributed by atoms with Gasteiger partial charge in [-0.15, -0.1) is 10.2 Å². The minimum absolute atomic E-state index is 0.262. The predicted molar refractivity (Wildman–Crippen MR) is 76.0 cm³/mol. The van der Waals surface area contributed by atoms with Crippen molar-refractivity contribution in [2.75, 3.05) is 6.54 Å². The first-order valence-corrected chi connectivity index (χ1v) is 8.24. The second-order valence-electron chi connectivity index (χ2n) is 7.35. The van der Waals surface area contributed by atoms with Crippen molar-refractivity contribution in [3.8, 4) is 0 Å². The lowest BCUT2D eigenvalue weighted by Gasteiger charge is -2.53. The highest BCUT2D eigenvalue weighted by Crippen LogP contribution is 2.59. The molecule has 4 saturated carbocycles. The van der Waals surface area contributed by atoms with E-state index in [1.54, 1.807) is 4.80 Å². The molecule has 1 heterocycles. The topological polar surface area (TPSA) is 69.6 Å². The molecule has 0 aliphatic heterocycles. The van der Waals surface area contributed by atoms with Crippen molar-refractivity contribution >= 4 is 0 Å². The van der Waals surface area contributed by atoms with Crippen LogP contribution < -0.4 is 5.73 Å². The van der Waals surface area contributed by atoms with Crippen LogP contribution in [-0.2, 0) is 0 Å². The fourth-order valence-electron chi connectivity index (χ4n) is 5.26. The molecule has 110 valence electrons. The predicted octanol–water partition coefficient (Wildman–Crippen LogP) is 2.12. The number of hydrogen-bond donors (Lipinski definition) is 1. The van der Waals surface area contributed by atoms with Crippen LogP contribution in [0.2, 0.25) is 0 Å². The summed E-state index contributed by atoms with van der Waals surface area (Å²) in [5.74, 6) is 5.26. The first kappa shape index (κ1) is 12.7. The van der Waals surface area contributed by atoms with Crippen molar-refractivity contribution in [2.45, 2.75) is 57.4 Å². The molecule has 1 aromatic heterocycles. The molecule has 1 atom stereocenters. The molecule has 0 spiro atoms. The SMILES string of the molecule is CC(CCN)n1nnc(C2C3CC4CC(C3)CC2C4)n1. The molecule has 4 bridgehead atoms. The summed E-state index contributed by atoms with van der Waals surface area (Å²) >= 11 is 0. The molecule has 20 heavy (non-hydrogen) atoms. The number of tetrazole rings is 1. The molecular weight excluding hydrogens is 250 g/mol. The highest BCUT2D eigenvalue weighted by atomic mass is 15.6. The second-order valence-corrected chi connectivity index (χ2v) is 7.35. The van der Waals surface area contributed by atoms with Crippen LogP contribution in [0.3, 0.4) is 0 Å². The highest BCUT2D eigenvalue weighted by Gasteiger charge is 2.50. The lowest BCUT2D eigenvalue weighted by molar-refractivity contribution is -0.00579. The summed E-state index contributed by atoms with van der Waals surface area (Å²) in [6, 6.07) is 0.262. The van der Waals surface area contributed by atoms with Gasteiger partial charge in [-0.1, -0.05) is 0 Å². The van der Waals surface area contributed by atoms with Crippen molar-refractivity contribution in [1.82, 2.24) is 20.2 Å². The molecule has 5 heteroatoms. The molecule has 0 amide bonds. The lowest BCUT2D eigenvalue weighted by atomic mass is 9.52. The fraction of sp³-hybridized carbons (Fsp3) is 0.933. The quantitative estimate of drug-likeness (QED) is 0.914. The van der Waals surface area contributed by atoms with E-state index in [0.717, 1.165) is 35.9 Å². The summed E-state index contributed by atoms with van der Waals surface area (Å²) in [5, 5.41) is 13.4. The summed E-state index contributed by atoms with van der Waals surface area (Å²) in [6.45, 7) is 2.80. The molecule has 5 rings (SSSR count). The number of rotatable bonds is 4. The molecule has 2 N–H and O–H groups in total. The Hall–Kier alpha value is -0.970. The maximum Gasteiger partial charge on any atom is 0.178 e. The van der Waals surface area contributed by atoms with Gasteiger partial charge in [-0.25, -0.2) is 0 Å². The van der Waals surface area contributed by atoms with E-state index in [4.69, 9.17) is 10.8 Å². The molecule has 5 nitrogen and oxygen atoms in total. The normalized spacial score (nSPS) is 40.2. The van der Waals surface area contributed by atoms with Gasteiger partial charge in [0.15, 0.2) is 5.82 Å². The Labute approximate surface area is 120 Å². The third-order valence-corrected chi connectivity index (χ3v) is 5.95. The van der Waals surface area contributed by atoms with Gasteiger partial charge in [0.05, 0.1) is 6.04 Å². The zero-order valence-corrected chi connectivity index (χ0v) is 12.3. The number of hydrogen-bond acceptors (Lipinski definition) is 4. The third kappa shape index (κ3) is 1.98. The van der Waals surface area contributed by atoms with E-state index in [9.17, 15) is 0 Å². The molecular formula is C15H25N5. The van der Waals surface area contributed by atoms with Crippen molar-refractivity contribution in [3.05, 3.63) is 5.82 Å². The molecule has 4 aliphatic carbocycles. The lowest BCUT2D eigenvalue weighted by Crippen LogP contribution is -2.44. The molecule has 1 aromatic rings. The van der Waals surface area contributed by atoms with Crippen LogP contribution in [0.5, 0.6) is 0 Å². The Morgan fingerprint density at radius 3 is 2.40 bits per heavy atom. The maximum atomic E-state index is 5.62. The fourth-order valence-corrected chi connectivity index (χ4v) is 5.26. The van der Waals surface area contributed by atoms with Gasteiger partial charge in [0.1, 0.15) is 0 Å². The number of aromatic nitrogens is 4. The monoisotopic (exact) mass is 275 g/mol. The van der Waals surface area contributed by atoms with Crippen LogP contribution >= 0.6 is 0 Å². The molecule has 4 fully saturated rings. The summed E-state index contributed by atoms with van der Waals surface area (Å²) in [5.41, 5.74) is 5.62. The zero-order chi connectivity index (χ0) is 13.7. The molecule has 0 radical (unpaired) electrons. The van der Waals surface area contributed by atoms with E-state index in [0.29, 0.717) is 12.5 Å². The summed E-state index contributed by atoms with van der Waals surface area (Å²) < 4.78 is 0. The van der Waals surface area contributed by atoms with Gasteiger partial charge in [-0.05, 0) is 80.9 Å². The molecule has 0 saturated heterocycles. The van der Waals surface area contributed by atoms with Gasteiger partial charge < -0.3 is 5.73 Å². The van der Waals surface area contributed by atoms with Crippen molar-refractivity contribution < 1.29 is 0 Å². The van der Waals surface area contributed by atoms with E-state index < -0.39 is 0 Å². The smallest absolute Gasteiger partial charge is 0.178 e. The highest BCUT2D eigenvalue weighted by molar-refractivity contribution is 5.09. The van der Waals surface area contributed by atoms with Crippen molar-refractivity contribution in [3.63, 3.8) is 0 Å². The first-order chi connectivity index (χ1) is 9.74. The first-order valence-electron chi connectivity index (χ1n) is 8.24. The van der Waals surface area contributed by atoms with Crippen LogP contribution in [0.25, 0.3) is 0 Å². The minimum atomic E-state index is 0.262. The Morgan fingerprint density at radius 1 is 1.15 bits per heavy atom. The third-order valence-electron chi connectivity index (χ3n) is 5.95. The average Bonchev–Trinajstić information content (AvgIpc) is 2.87. The van der Waals surface area contributed by atoms with Crippen LogP contribution in [0, 0.1) is 23.7 Å². The van der Waals surface area contributed by atoms with E-state index >= 15 is 0 Å². The Morgan fingerprint density at radius 2 is 1.80 bits per heavy atom. The zero-order valence-electron chi connectivity index (χ0n) is 12.3. The van der Waals surface area contributed by atoms with Gasteiger partial charge in [0, 0.05) is 5.92 Å². The minimum Gasteiger partial charge on any atom is -0.330 e. The summed E-state index contributed by atoms with van der Waals surface area (Å²) in [4.78, 5) is 1.78. The largest absolute Gasteiger partial charge is 0.330 e. The van der Waals surface area contributed by atoms with E-state index in [1.165, 1.54) is 32.1 Å². The van der Waals surface area contributed by atoms with Crippen LogP contribution in [-0.4, -0.2) is 26.8 Å². The number of nitrogens with zero attached hydrogens (tertiary/aromatic N) is 4.